The summed E-state index contributed by atoms with van der Waals surface area (Å²) in [5, 5.41) is 6.79. The minimum atomic E-state index is -3.82. The first-order chi connectivity index (χ1) is 10.4. The van der Waals surface area contributed by atoms with Gasteiger partial charge in [-0.25, -0.2) is 8.42 Å². The molecule has 8 heteroatoms. The van der Waals surface area contributed by atoms with Gasteiger partial charge in [-0.1, -0.05) is 18.2 Å². The van der Waals surface area contributed by atoms with Gasteiger partial charge in [-0.05, 0) is 32.4 Å². The van der Waals surface area contributed by atoms with E-state index in [1.54, 1.807) is 32.0 Å². The Balaban J connectivity index is 2.41. The highest BCUT2D eigenvalue weighted by Gasteiger charge is 2.74. The lowest BCUT2D eigenvalue weighted by Crippen LogP contribution is -2.22. The van der Waals surface area contributed by atoms with Crippen LogP contribution < -0.4 is 0 Å². The largest absolute Gasteiger partial charge is 0.352 e. The Hall–Kier alpha value is -1.19. The Labute approximate surface area is 130 Å². The molecule has 2 unspecified atom stereocenters. The summed E-state index contributed by atoms with van der Waals surface area (Å²) in [6, 6.07) is 9.73. The molecule has 1 saturated carbocycles. The first-order valence-electron chi connectivity index (χ1n) is 6.97. The van der Waals surface area contributed by atoms with Crippen molar-refractivity contribution < 1.29 is 22.0 Å². The Kier molecular flexibility index (Phi) is 4.78. The van der Waals surface area contributed by atoms with Crippen LogP contribution in [0.2, 0.25) is 0 Å². The molecule has 6 nitrogen and oxygen atoms in total. The molecular formula is C14H18NO5PS. The van der Waals surface area contributed by atoms with Crippen LogP contribution in [0.5, 0.6) is 0 Å². The second-order valence-corrected chi connectivity index (χ2v) is 9.36. The SMILES string of the molecule is CCOP(=O)(OCC)C1(C#N)CC1S(=O)(=O)c1ccccc1. The van der Waals surface area contributed by atoms with Crippen LogP contribution in [0.1, 0.15) is 20.3 Å². The van der Waals surface area contributed by atoms with E-state index in [1.807, 2.05) is 6.07 Å². The summed E-state index contributed by atoms with van der Waals surface area (Å²) in [5.74, 6) is 0. The molecule has 1 aliphatic carbocycles. The summed E-state index contributed by atoms with van der Waals surface area (Å²) in [5.41, 5.74) is 0. The zero-order valence-corrected chi connectivity index (χ0v) is 14.1. The van der Waals surface area contributed by atoms with Crippen molar-refractivity contribution in [1.82, 2.24) is 0 Å². The van der Waals surface area contributed by atoms with Crippen LogP contribution in [0.4, 0.5) is 0 Å². The van der Waals surface area contributed by atoms with Gasteiger partial charge >= 0.3 is 7.60 Å². The molecule has 22 heavy (non-hydrogen) atoms. The number of hydrogen-bond acceptors (Lipinski definition) is 6. The first kappa shape index (κ1) is 17.2. The van der Waals surface area contributed by atoms with Gasteiger partial charge < -0.3 is 9.05 Å². The lowest BCUT2D eigenvalue weighted by Gasteiger charge is -2.22. The zero-order valence-electron chi connectivity index (χ0n) is 12.4. The molecule has 120 valence electrons. The number of rotatable bonds is 7. The van der Waals surface area contributed by atoms with E-state index in [4.69, 9.17) is 9.05 Å². The summed E-state index contributed by atoms with van der Waals surface area (Å²) in [6.45, 7) is 3.41. The van der Waals surface area contributed by atoms with E-state index in [2.05, 4.69) is 0 Å². The average Bonchev–Trinajstić information content (AvgIpc) is 3.26. The molecule has 2 atom stereocenters. The van der Waals surface area contributed by atoms with Crippen LogP contribution >= 0.6 is 7.60 Å². The van der Waals surface area contributed by atoms with Gasteiger partial charge in [0.1, 0.15) is 0 Å². The number of nitrogens with zero attached hydrogens (tertiary/aromatic N) is 1. The molecule has 0 radical (unpaired) electrons. The molecule has 0 aliphatic heterocycles. The fourth-order valence-electron chi connectivity index (χ4n) is 2.44. The quantitative estimate of drug-likeness (QED) is 0.707. The van der Waals surface area contributed by atoms with Crippen LogP contribution in [0.15, 0.2) is 35.2 Å². The van der Waals surface area contributed by atoms with E-state index in [0.29, 0.717) is 0 Å². The number of nitriles is 1. The predicted octanol–water partition coefficient (Wildman–Crippen LogP) is 2.76. The summed E-state index contributed by atoms with van der Waals surface area (Å²) in [4.78, 5) is 0.108. The first-order valence-corrected chi connectivity index (χ1v) is 10.1. The van der Waals surface area contributed by atoms with Crippen molar-refractivity contribution in [2.24, 2.45) is 0 Å². The van der Waals surface area contributed by atoms with Crippen LogP contribution in [-0.4, -0.2) is 32.0 Å². The van der Waals surface area contributed by atoms with Crippen molar-refractivity contribution >= 4 is 17.4 Å². The highest BCUT2D eigenvalue weighted by Crippen LogP contribution is 2.72. The van der Waals surface area contributed by atoms with Crippen molar-refractivity contribution in [3.63, 3.8) is 0 Å². The zero-order chi connectivity index (χ0) is 16.4. The molecule has 1 aromatic rings. The fourth-order valence-corrected chi connectivity index (χ4v) is 7.38. The molecule has 2 rings (SSSR count). The maximum atomic E-state index is 12.9. The van der Waals surface area contributed by atoms with Crippen LogP contribution in [0, 0.1) is 11.3 Å². The Morgan fingerprint density at radius 3 is 2.27 bits per heavy atom. The van der Waals surface area contributed by atoms with Gasteiger partial charge in [-0.3, -0.25) is 4.57 Å². The fraction of sp³-hybridized carbons (Fsp3) is 0.500. The van der Waals surface area contributed by atoms with Gasteiger partial charge in [0.05, 0.1) is 29.4 Å². The van der Waals surface area contributed by atoms with Gasteiger partial charge in [0.25, 0.3) is 0 Å². The molecule has 1 fully saturated rings. The molecule has 0 saturated heterocycles. The Bertz CT molecular complexity index is 717. The minimum Gasteiger partial charge on any atom is -0.308 e. The Morgan fingerprint density at radius 2 is 1.82 bits per heavy atom. The van der Waals surface area contributed by atoms with Gasteiger partial charge in [0.2, 0.25) is 0 Å². The second-order valence-electron chi connectivity index (χ2n) is 4.92. The summed E-state index contributed by atoms with van der Waals surface area (Å²) >= 11 is 0. The highest BCUT2D eigenvalue weighted by atomic mass is 32.2. The predicted molar refractivity (Wildman–Crippen MR) is 81.2 cm³/mol. The normalized spacial score (nSPS) is 24.7. The lowest BCUT2D eigenvalue weighted by molar-refractivity contribution is 0.214. The molecule has 0 N–H and O–H groups in total. The van der Waals surface area contributed by atoms with Crippen molar-refractivity contribution in [2.75, 3.05) is 13.2 Å². The summed E-state index contributed by atoms with van der Waals surface area (Å²) in [7, 11) is -7.58. The van der Waals surface area contributed by atoms with Crippen molar-refractivity contribution in [1.29, 1.82) is 5.26 Å². The van der Waals surface area contributed by atoms with Gasteiger partial charge in [-0.15, -0.1) is 0 Å². The average molecular weight is 343 g/mol. The molecule has 1 aromatic carbocycles. The molecule has 0 bridgehead atoms. The van der Waals surface area contributed by atoms with Gasteiger partial charge in [-0.2, -0.15) is 5.26 Å². The molecule has 1 aliphatic rings. The van der Waals surface area contributed by atoms with Crippen molar-refractivity contribution in [3.8, 4) is 6.07 Å². The number of sulfone groups is 1. The van der Waals surface area contributed by atoms with E-state index in [9.17, 15) is 18.2 Å². The highest BCUT2D eigenvalue weighted by molar-refractivity contribution is 7.93. The van der Waals surface area contributed by atoms with E-state index in [1.165, 1.54) is 12.1 Å². The second kappa shape index (κ2) is 6.13. The van der Waals surface area contributed by atoms with E-state index in [-0.39, 0.29) is 24.5 Å². The third kappa shape index (κ3) is 2.61. The maximum Gasteiger partial charge on any atom is 0.352 e. The smallest absolute Gasteiger partial charge is 0.308 e. The summed E-state index contributed by atoms with van der Waals surface area (Å²) < 4.78 is 48.6. The molecule has 0 aromatic heterocycles. The molecule has 0 spiro atoms. The van der Waals surface area contributed by atoms with E-state index >= 15 is 0 Å². The lowest BCUT2D eigenvalue weighted by atomic mass is 10.4. The number of benzene rings is 1. The standard InChI is InChI=1S/C14H18NO5PS/c1-3-19-21(16,20-4-2)14(11-15)10-13(14)22(17,18)12-8-6-5-7-9-12/h5-9,13H,3-4,10H2,1-2H3. The topological polar surface area (TPSA) is 93.5 Å². The van der Waals surface area contributed by atoms with Gasteiger partial charge in [0.15, 0.2) is 15.0 Å². The van der Waals surface area contributed by atoms with Crippen LogP contribution in [0.3, 0.4) is 0 Å². The van der Waals surface area contributed by atoms with Crippen LogP contribution in [-0.2, 0) is 23.4 Å². The minimum absolute atomic E-state index is 0.0436. The summed E-state index contributed by atoms with van der Waals surface area (Å²) in [6.07, 6.45) is -0.0436. The monoisotopic (exact) mass is 343 g/mol. The third-order valence-electron chi connectivity index (χ3n) is 3.60. The Morgan fingerprint density at radius 1 is 1.27 bits per heavy atom. The van der Waals surface area contributed by atoms with E-state index < -0.39 is 27.8 Å². The van der Waals surface area contributed by atoms with Crippen LogP contribution in [0.25, 0.3) is 0 Å². The molecule has 0 amide bonds. The maximum absolute atomic E-state index is 12.9. The van der Waals surface area contributed by atoms with Crippen molar-refractivity contribution in [3.05, 3.63) is 30.3 Å². The van der Waals surface area contributed by atoms with Crippen molar-refractivity contribution in [2.45, 2.75) is 35.6 Å². The molecular weight excluding hydrogens is 325 g/mol. The van der Waals surface area contributed by atoms with Gasteiger partial charge in [0, 0.05) is 0 Å². The molecule has 0 heterocycles. The van der Waals surface area contributed by atoms with E-state index in [0.717, 1.165) is 0 Å². The third-order valence-corrected chi connectivity index (χ3v) is 8.79. The number of hydrogen-bond donors (Lipinski definition) is 0.